The van der Waals surface area contributed by atoms with Crippen LogP contribution in [0.3, 0.4) is 0 Å². The molecule has 0 saturated carbocycles. The monoisotopic (exact) mass is 706 g/mol. The van der Waals surface area contributed by atoms with E-state index in [1.807, 2.05) is 62.4 Å². The van der Waals surface area contributed by atoms with Gasteiger partial charge >= 0.3 is 0 Å². The van der Waals surface area contributed by atoms with Crippen molar-refractivity contribution in [1.29, 1.82) is 0 Å². The van der Waals surface area contributed by atoms with Crippen LogP contribution in [-0.2, 0) is 17.6 Å². The van der Waals surface area contributed by atoms with E-state index in [1.165, 1.54) is 0 Å². The molecule has 1 aliphatic heterocycles. The van der Waals surface area contributed by atoms with Crippen molar-refractivity contribution in [2.45, 2.75) is 70.2 Å². The molecule has 4 aromatic rings. The number of benzene rings is 4. The Morgan fingerprint density at radius 1 is 0.627 bits per heavy atom. The summed E-state index contributed by atoms with van der Waals surface area (Å²) in [5.41, 5.74) is 3.81. The summed E-state index contributed by atoms with van der Waals surface area (Å²) in [5.74, 6) is -3.11. The maximum Gasteiger partial charge on any atom is 0.229 e. The molecule has 0 bridgehead atoms. The van der Waals surface area contributed by atoms with Crippen molar-refractivity contribution in [2.75, 3.05) is 6.61 Å². The van der Waals surface area contributed by atoms with Crippen LogP contribution in [0.25, 0.3) is 0 Å². The molecule has 1 aliphatic rings. The Hall–Kier alpha value is -5.18. The molecule has 51 heavy (non-hydrogen) atoms. The van der Waals surface area contributed by atoms with Gasteiger partial charge in [-0.2, -0.15) is 0 Å². The third kappa shape index (κ3) is 9.96. The number of Topliss-reactive ketones (excluding diaryl/α,β-unsaturated/α-hetero) is 2. The summed E-state index contributed by atoms with van der Waals surface area (Å²) in [6.07, 6.45) is -6.61. The number of aliphatic hydroxyl groups is 4. The number of ketones is 2. The molecule has 0 amide bonds. The smallest absolute Gasteiger partial charge is 0.229 e. The maximum absolute atomic E-state index is 12.8. The Bertz CT molecular complexity index is 1780. The van der Waals surface area contributed by atoms with Crippen molar-refractivity contribution in [1.82, 2.24) is 0 Å². The third-order valence-electron chi connectivity index (χ3n) is 8.32. The molecule has 4 aromatic carbocycles. The lowest BCUT2D eigenvalue weighted by molar-refractivity contribution is -0.277. The van der Waals surface area contributed by atoms with Gasteiger partial charge in [-0.15, -0.1) is 0 Å². The summed E-state index contributed by atoms with van der Waals surface area (Å²) in [7, 11) is 0. The number of hydrogen-bond acceptors (Lipinski definition) is 13. The topological polar surface area (TPSA) is 235 Å². The molecule has 13 nitrogen and oxygen atoms in total. The number of phenols is 5. The van der Waals surface area contributed by atoms with E-state index in [0.29, 0.717) is 12.8 Å². The number of rotatable bonds is 11. The summed E-state index contributed by atoms with van der Waals surface area (Å²) in [4.78, 5) is 24.9. The van der Waals surface area contributed by atoms with Crippen LogP contribution >= 0.6 is 0 Å². The first-order valence-corrected chi connectivity index (χ1v) is 16.1. The first kappa shape index (κ1) is 38.6. The number of carbonyl (C=O) groups is 2. The zero-order chi connectivity index (χ0) is 37.4. The van der Waals surface area contributed by atoms with Crippen LogP contribution < -0.4 is 4.74 Å². The second-order valence-electron chi connectivity index (χ2n) is 12.3. The average Bonchev–Trinajstić information content (AvgIpc) is 3.07. The number of aliphatic hydroxyl groups excluding tert-OH is 4. The Labute approximate surface area is 293 Å². The van der Waals surface area contributed by atoms with Crippen LogP contribution in [0.5, 0.6) is 34.5 Å². The van der Waals surface area contributed by atoms with Gasteiger partial charge in [0, 0.05) is 37.1 Å². The van der Waals surface area contributed by atoms with Crippen LogP contribution in [0.1, 0.15) is 55.8 Å². The Kier molecular flexibility index (Phi) is 13.0. The minimum atomic E-state index is -1.71. The standard InChI is InChI=1S/C22H26O9.C16H16O4/c1-11-2-4-12(5-3-11)6-7-14(25)18-15(26)8-13(24)9-16(18)30-22-21(29)20(28)19(27)17(10-23)31-22;1-10-2-4-11(5-3-10)6-7-13(18)16-14(19)8-12(17)9-15(16)20/h2-5,8-9,17,19-24,26-29H,6-7,10H2,1H3;2-5,8-9,17,19-20H,6-7H2,1H3/t17-,19-,20+,21-,22?;/m1./s1. The van der Waals surface area contributed by atoms with E-state index in [4.69, 9.17) is 9.47 Å². The molecular formula is C38H42O13. The predicted molar refractivity (Wildman–Crippen MR) is 183 cm³/mol. The fourth-order valence-corrected chi connectivity index (χ4v) is 5.41. The summed E-state index contributed by atoms with van der Waals surface area (Å²) in [6.45, 7) is 3.28. The van der Waals surface area contributed by atoms with Crippen LogP contribution in [0.2, 0.25) is 0 Å². The fourth-order valence-electron chi connectivity index (χ4n) is 5.41. The normalized spacial score (nSPS) is 19.8. The Balaban J connectivity index is 0.000000251. The predicted octanol–water partition coefficient (Wildman–Crippen LogP) is 3.33. The highest BCUT2D eigenvalue weighted by Gasteiger charge is 2.45. The van der Waals surface area contributed by atoms with E-state index < -0.39 is 66.1 Å². The van der Waals surface area contributed by atoms with Crippen molar-refractivity contribution < 1.29 is 65.0 Å². The number of ether oxygens (including phenoxy) is 2. The lowest BCUT2D eigenvalue weighted by atomic mass is 9.98. The summed E-state index contributed by atoms with van der Waals surface area (Å²) in [6, 6.07) is 19.6. The van der Waals surface area contributed by atoms with E-state index in [-0.39, 0.29) is 41.3 Å². The lowest BCUT2D eigenvalue weighted by Crippen LogP contribution is -2.60. The minimum Gasteiger partial charge on any atom is -0.508 e. The quantitative estimate of drug-likeness (QED) is 0.102. The molecule has 13 heteroatoms. The lowest BCUT2D eigenvalue weighted by Gasteiger charge is -2.39. The molecule has 0 spiro atoms. The number of carbonyl (C=O) groups excluding carboxylic acids is 2. The molecule has 0 aromatic heterocycles. The van der Waals surface area contributed by atoms with E-state index in [0.717, 1.165) is 46.5 Å². The second-order valence-corrected chi connectivity index (χ2v) is 12.3. The SMILES string of the molecule is Cc1ccc(CCC(=O)c2c(O)cc(O)cc2O)cc1.Cc1ccc(CCC(=O)c2c(O)cc(O)cc2OC2O[C@H](CO)[C@@H](O)[C@H](O)[C@H]2O)cc1. The molecular weight excluding hydrogens is 664 g/mol. The van der Waals surface area contributed by atoms with Gasteiger partial charge in [-0.05, 0) is 37.8 Å². The van der Waals surface area contributed by atoms with Gasteiger partial charge in [0.15, 0.2) is 11.6 Å². The Morgan fingerprint density at radius 3 is 1.53 bits per heavy atom. The average molecular weight is 707 g/mol. The first-order valence-electron chi connectivity index (χ1n) is 16.1. The van der Waals surface area contributed by atoms with Crippen LogP contribution in [0.15, 0.2) is 72.8 Å². The van der Waals surface area contributed by atoms with Gasteiger partial charge in [-0.25, -0.2) is 0 Å². The zero-order valence-electron chi connectivity index (χ0n) is 28.0. The van der Waals surface area contributed by atoms with Crippen molar-refractivity contribution in [3.8, 4) is 34.5 Å². The largest absolute Gasteiger partial charge is 0.508 e. The molecule has 1 heterocycles. The van der Waals surface area contributed by atoms with Crippen LogP contribution in [-0.4, -0.2) is 94.8 Å². The van der Waals surface area contributed by atoms with Gasteiger partial charge in [-0.3, -0.25) is 9.59 Å². The van der Waals surface area contributed by atoms with Crippen molar-refractivity contribution in [3.05, 3.63) is 106 Å². The highest BCUT2D eigenvalue weighted by Crippen LogP contribution is 2.36. The first-order chi connectivity index (χ1) is 24.2. The summed E-state index contributed by atoms with van der Waals surface area (Å²) >= 11 is 0. The molecule has 5 rings (SSSR count). The molecule has 1 fully saturated rings. The fraction of sp³-hybridized carbons (Fsp3) is 0.316. The number of aromatic hydroxyl groups is 5. The summed E-state index contributed by atoms with van der Waals surface area (Å²) in [5, 5.41) is 87.9. The van der Waals surface area contributed by atoms with Crippen LogP contribution in [0, 0.1) is 13.8 Å². The Morgan fingerprint density at radius 2 is 1.06 bits per heavy atom. The van der Waals surface area contributed by atoms with Crippen molar-refractivity contribution in [2.24, 2.45) is 0 Å². The van der Waals surface area contributed by atoms with Gasteiger partial charge < -0.3 is 55.4 Å². The highest BCUT2D eigenvalue weighted by atomic mass is 16.7. The van der Waals surface area contributed by atoms with Crippen molar-refractivity contribution in [3.63, 3.8) is 0 Å². The summed E-state index contributed by atoms with van der Waals surface area (Å²) < 4.78 is 10.8. The molecule has 0 aliphatic carbocycles. The van der Waals surface area contributed by atoms with E-state index in [9.17, 15) is 55.5 Å². The number of hydrogen-bond donors (Lipinski definition) is 9. The van der Waals surface area contributed by atoms with E-state index >= 15 is 0 Å². The third-order valence-corrected chi connectivity index (χ3v) is 8.32. The van der Waals surface area contributed by atoms with Gasteiger partial charge in [-0.1, -0.05) is 59.7 Å². The van der Waals surface area contributed by atoms with Gasteiger partial charge in [0.2, 0.25) is 6.29 Å². The van der Waals surface area contributed by atoms with Crippen molar-refractivity contribution >= 4 is 11.6 Å². The molecule has 1 saturated heterocycles. The number of phenolic OH excluding ortho intramolecular Hbond substituents is 5. The molecule has 1 unspecified atom stereocenters. The minimum absolute atomic E-state index is 0.0342. The van der Waals surface area contributed by atoms with Gasteiger partial charge in [0.05, 0.1) is 6.61 Å². The second kappa shape index (κ2) is 17.2. The van der Waals surface area contributed by atoms with E-state index in [2.05, 4.69) is 0 Å². The zero-order valence-corrected chi connectivity index (χ0v) is 28.0. The van der Waals surface area contributed by atoms with Gasteiger partial charge in [0.25, 0.3) is 0 Å². The maximum atomic E-state index is 12.8. The molecule has 5 atom stereocenters. The van der Waals surface area contributed by atoms with Crippen LogP contribution in [0.4, 0.5) is 0 Å². The molecule has 272 valence electrons. The molecule has 0 radical (unpaired) electrons. The van der Waals surface area contributed by atoms with Gasteiger partial charge in [0.1, 0.15) is 70.0 Å². The highest BCUT2D eigenvalue weighted by molar-refractivity contribution is 6.02. The molecule has 9 N–H and O–H groups in total. The number of aryl methyl sites for hydroxylation is 4. The van der Waals surface area contributed by atoms with E-state index in [1.54, 1.807) is 0 Å².